The summed E-state index contributed by atoms with van der Waals surface area (Å²) < 4.78 is 38.4. The summed E-state index contributed by atoms with van der Waals surface area (Å²) in [6, 6.07) is 5.17. The summed E-state index contributed by atoms with van der Waals surface area (Å²) >= 11 is 1.44. The van der Waals surface area contributed by atoms with Crippen molar-refractivity contribution in [3.8, 4) is 0 Å². The number of aryl methyl sites for hydroxylation is 1. The third kappa shape index (κ3) is 10.5. The van der Waals surface area contributed by atoms with Crippen molar-refractivity contribution in [3.63, 3.8) is 0 Å². The number of ether oxygens (including phenoxy) is 1. The summed E-state index contributed by atoms with van der Waals surface area (Å²) in [5.74, 6) is -0.207. The summed E-state index contributed by atoms with van der Waals surface area (Å²) in [7, 11) is -4.37. The van der Waals surface area contributed by atoms with E-state index in [9.17, 15) is 18.0 Å². The minimum atomic E-state index is -4.37. The van der Waals surface area contributed by atoms with Crippen LogP contribution in [0.15, 0.2) is 29.6 Å². The monoisotopic (exact) mass is 540 g/mol. The summed E-state index contributed by atoms with van der Waals surface area (Å²) in [5.41, 5.74) is 1.24. The maximum Gasteiger partial charge on any atom is 0.408 e. The molecule has 0 bridgehead atoms. The zero-order valence-electron chi connectivity index (χ0n) is 21.5. The lowest BCUT2D eigenvalue weighted by Gasteiger charge is -2.26. The maximum atomic E-state index is 13.3. The minimum absolute atomic E-state index is 0.142. The zero-order valence-corrected chi connectivity index (χ0v) is 23.1. The van der Waals surface area contributed by atoms with E-state index in [-0.39, 0.29) is 17.5 Å². The van der Waals surface area contributed by atoms with Crippen LogP contribution in [0.1, 0.15) is 70.3 Å². The van der Waals surface area contributed by atoms with Crippen molar-refractivity contribution in [1.82, 2.24) is 15.6 Å². The van der Waals surface area contributed by atoms with Crippen LogP contribution in [0.5, 0.6) is 0 Å². The molecule has 2 atom stereocenters. The molecule has 0 aliphatic rings. The number of hydrogen-bond acceptors (Lipinski definition) is 7. The molecular weight excluding hydrogens is 504 g/mol. The fourth-order valence-corrected chi connectivity index (χ4v) is 4.75. The lowest BCUT2D eigenvalue weighted by molar-refractivity contribution is -0.124. The maximum absolute atomic E-state index is 13.3. The molecule has 0 saturated carbocycles. The molecule has 12 heteroatoms. The van der Waals surface area contributed by atoms with Crippen LogP contribution in [0.4, 0.5) is 10.5 Å². The fraction of sp³-hybridized carbons (Fsp3) is 0.542. The number of carbonyl (C=O) groups excluding carboxylic acids is 2. The Morgan fingerprint density at radius 2 is 1.78 bits per heavy atom. The standard InChI is InChI=1S/C24H36N4O6S2/c1-7-17-14-35-22(25-17)20(13-16-8-10-18(11-9-16)28-36(31,32)33)26-21(29)19(12-15(2)3)27-23(30)34-24(4,5)6/h8-11,14-15,19-20,28H,7,12-13H2,1-6H3,(H,26,29)(H,27,30)(H,31,32,33). The summed E-state index contributed by atoms with van der Waals surface area (Å²) in [6.07, 6.45) is 0.897. The average molecular weight is 541 g/mol. The molecule has 2 amide bonds. The molecule has 0 aliphatic carbocycles. The van der Waals surface area contributed by atoms with Gasteiger partial charge in [-0.3, -0.25) is 14.1 Å². The second kappa shape index (κ2) is 12.5. The number of thiazole rings is 1. The quantitative estimate of drug-likeness (QED) is 0.311. The first-order chi connectivity index (χ1) is 16.6. The normalized spacial score (nSPS) is 13.7. The van der Waals surface area contributed by atoms with Crippen molar-refractivity contribution in [2.24, 2.45) is 5.92 Å². The topological polar surface area (TPSA) is 147 Å². The SMILES string of the molecule is CCc1csc(C(Cc2ccc(NS(=O)(=O)O)cc2)NC(=O)C(CC(C)C)NC(=O)OC(C)(C)C)n1. The molecule has 0 aliphatic heterocycles. The van der Waals surface area contributed by atoms with Gasteiger partial charge in [-0.1, -0.05) is 32.9 Å². The van der Waals surface area contributed by atoms with E-state index in [0.29, 0.717) is 12.8 Å². The average Bonchev–Trinajstić information content (AvgIpc) is 3.20. The number of nitrogens with zero attached hydrogens (tertiary/aromatic N) is 1. The second-order valence-electron chi connectivity index (χ2n) is 9.90. The van der Waals surface area contributed by atoms with Gasteiger partial charge in [0.05, 0.1) is 17.4 Å². The molecule has 2 aromatic rings. The van der Waals surface area contributed by atoms with Gasteiger partial charge < -0.3 is 15.4 Å². The molecular formula is C24H36N4O6S2. The van der Waals surface area contributed by atoms with E-state index in [1.54, 1.807) is 32.9 Å². The molecule has 0 radical (unpaired) electrons. The van der Waals surface area contributed by atoms with Crippen LogP contribution in [0.3, 0.4) is 0 Å². The Kier molecular flexibility index (Phi) is 10.3. The van der Waals surface area contributed by atoms with Crippen molar-refractivity contribution in [3.05, 3.63) is 45.9 Å². The van der Waals surface area contributed by atoms with Gasteiger partial charge in [-0.05, 0) is 63.6 Å². The highest BCUT2D eigenvalue weighted by Crippen LogP contribution is 2.24. The first kappa shape index (κ1) is 29.5. The van der Waals surface area contributed by atoms with Gasteiger partial charge in [-0.2, -0.15) is 8.42 Å². The Morgan fingerprint density at radius 1 is 1.14 bits per heavy atom. The number of benzene rings is 1. The number of alkyl carbamates (subject to hydrolysis) is 1. The van der Waals surface area contributed by atoms with Crippen LogP contribution >= 0.6 is 11.3 Å². The van der Waals surface area contributed by atoms with E-state index in [4.69, 9.17) is 9.29 Å². The van der Waals surface area contributed by atoms with E-state index in [1.165, 1.54) is 23.5 Å². The van der Waals surface area contributed by atoms with Gasteiger partial charge in [-0.15, -0.1) is 11.3 Å². The molecule has 0 fully saturated rings. The summed E-state index contributed by atoms with van der Waals surface area (Å²) in [4.78, 5) is 30.4. The van der Waals surface area contributed by atoms with Gasteiger partial charge in [0.1, 0.15) is 16.7 Å². The van der Waals surface area contributed by atoms with Crippen LogP contribution < -0.4 is 15.4 Å². The fourth-order valence-electron chi connectivity index (χ4n) is 3.36. The number of amides is 2. The molecule has 1 aromatic carbocycles. The molecule has 200 valence electrons. The molecule has 4 N–H and O–H groups in total. The van der Waals surface area contributed by atoms with Gasteiger partial charge >= 0.3 is 16.4 Å². The number of rotatable bonds is 11. The highest BCUT2D eigenvalue weighted by molar-refractivity contribution is 7.87. The van der Waals surface area contributed by atoms with E-state index in [2.05, 4.69) is 15.6 Å². The first-order valence-electron chi connectivity index (χ1n) is 11.7. The zero-order chi connectivity index (χ0) is 27.1. The van der Waals surface area contributed by atoms with E-state index < -0.39 is 34.1 Å². The van der Waals surface area contributed by atoms with Gasteiger partial charge in [0, 0.05) is 5.38 Å². The Bertz CT molecular complexity index is 1120. The largest absolute Gasteiger partial charge is 0.444 e. The number of carbonyl (C=O) groups is 2. The van der Waals surface area contributed by atoms with Gasteiger partial charge in [0.15, 0.2) is 0 Å². The number of hydrogen-bond donors (Lipinski definition) is 4. The smallest absolute Gasteiger partial charge is 0.408 e. The van der Waals surface area contributed by atoms with Gasteiger partial charge in [-0.25, -0.2) is 9.78 Å². The van der Waals surface area contributed by atoms with Crippen molar-refractivity contribution in [1.29, 1.82) is 0 Å². The third-order valence-corrected chi connectivity index (χ3v) is 6.40. The lowest BCUT2D eigenvalue weighted by atomic mass is 10.0. The molecule has 36 heavy (non-hydrogen) atoms. The third-order valence-electron chi connectivity index (χ3n) is 4.90. The van der Waals surface area contributed by atoms with Crippen LogP contribution in [0, 0.1) is 5.92 Å². The molecule has 2 unspecified atom stereocenters. The van der Waals surface area contributed by atoms with E-state index >= 15 is 0 Å². The van der Waals surface area contributed by atoms with Crippen molar-refractivity contribution < 1.29 is 27.3 Å². The van der Waals surface area contributed by atoms with Crippen LogP contribution in [-0.2, 0) is 32.7 Å². The van der Waals surface area contributed by atoms with Gasteiger partial charge in [0.2, 0.25) is 5.91 Å². The highest BCUT2D eigenvalue weighted by atomic mass is 32.2. The Labute approximate surface area is 217 Å². The van der Waals surface area contributed by atoms with Crippen LogP contribution in [-0.4, -0.2) is 41.6 Å². The van der Waals surface area contributed by atoms with Crippen molar-refractivity contribution in [2.75, 3.05) is 4.72 Å². The number of nitrogens with one attached hydrogen (secondary N) is 3. The Hall–Kier alpha value is -2.70. The summed E-state index contributed by atoms with van der Waals surface area (Å²) in [6.45, 7) is 11.2. The Morgan fingerprint density at radius 3 is 2.28 bits per heavy atom. The number of anilines is 1. The van der Waals surface area contributed by atoms with Crippen LogP contribution in [0.2, 0.25) is 0 Å². The summed E-state index contributed by atoms with van der Waals surface area (Å²) in [5, 5.41) is 8.39. The van der Waals surface area contributed by atoms with E-state index in [1.807, 2.05) is 30.9 Å². The van der Waals surface area contributed by atoms with Crippen molar-refractivity contribution >= 4 is 39.3 Å². The second-order valence-corrected chi connectivity index (χ2v) is 11.9. The van der Waals surface area contributed by atoms with E-state index in [0.717, 1.165) is 22.7 Å². The molecule has 2 rings (SSSR count). The molecule has 1 aromatic heterocycles. The molecule has 1 heterocycles. The number of aromatic nitrogens is 1. The minimum Gasteiger partial charge on any atom is -0.444 e. The first-order valence-corrected chi connectivity index (χ1v) is 14.1. The predicted octanol–water partition coefficient (Wildman–Crippen LogP) is 4.26. The highest BCUT2D eigenvalue weighted by Gasteiger charge is 2.28. The molecule has 10 nitrogen and oxygen atoms in total. The van der Waals surface area contributed by atoms with Crippen LogP contribution in [0.25, 0.3) is 0 Å². The lowest BCUT2D eigenvalue weighted by Crippen LogP contribution is -2.49. The molecule has 0 spiro atoms. The van der Waals surface area contributed by atoms with Crippen molar-refractivity contribution in [2.45, 2.75) is 78.5 Å². The van der Waals surface area contributed by atoms with Gasteiger partial charge in [0.25, 0.3) is 0 Å². The Balaban J connectivity index is 2.25. The molecule has 0 saturated heterocycles. The predicted molar refractivity (Wildman–Crippen MR) is 140 cm³/mol.